The maximum atomic E-state index is 12.6. The van der Waals surface area contributed by atoms with Crippen LogP contribution in [0.3, 0.4) is 0 Å². The Morgan fingerprint density at radius 1 is 1.15 bits per heavy atom. The molecule has 1 aromatic rings. The molecule has 104 valence electrons. The van der Waals surface area contributed by atoms with Gasteiger partial charge in [-0.1, -0.05) is 24.3 Å². The molecule has 1 heterocycles. The van der Waals surface area contributed by atoms with Crippen molar-refractivity contribution in [1.82, 2.24) is 0 Å². The Labute approximate surface area is 119 Å². The SMILES string of the molecule is CC(C)(C)Nc1ccc2c(c1)C(=O)C1C=CC=CC1N2. The van der Waals surface area contributed by atoms with E-state index in [1.165, 1.54) is 0 Å². The third kappa shape index (κ3) is 2.36. The van der Waals surface area contributed by atoms with E-state index < -0.39 is 0 Å². The number of carbonyl (C=O) groups excluding carboxylic acids is 1. The van der Waals surface area contributed by atoms with Crippen molar-refractivity contribution in [2.45, 2.75) is 32.4 Å². The van der Waals surface area contributed by atoms with Gasteiger partial charge in [0.25, 0.3) is 0 Å². The summed E-state index contributed by atoms with van der Waals surface area (Å²) >= 11 is 0. The normalized spacial score (nSPS) is 23.9. The highest BCUT2D eigenvalue weighted by molar-refractivity contribution is 6.07. The molecule has 0 fully saturated rings. The number of allylic oxidation sites excluding steroid dienone is 2. The molecule has 2 aliphatic rings. The lowest BCUT2D eigenvalue weighted by Crippen LogP contribution is -2.38. The van der Waals surface area contributed by atoms with Crippen molar-refractivity contribution in [3.8, 4) is 0 Å². The Morgan fingerprint density at radius 2 is 1.90 bits per heavy atom. The monoisotopic (exact) mass is 268 g/mol. The fourth-order valence-corrected chi connectivity index (χ4v) is 2.74. The highest BCUT2D eigenvalue weighted by atomic mass is 16.1. The van der Waals surface area contributed by atoms with E-state index in [9.17, 15) is 4.79 Å². The maximum Gasteiger partial charge on any atom is 0.174 e. The first-order chi connectivity index (χ1) is 9.44. The van der Waals surface area contributed by atoms with Crippen LogP contribution in [0.15, 0.2) is 42.5 Å². The standard InChI is InChI=1S/C17H20N2O/c1-17(2,3)19-11-8-9-15-13(10-11)16(20)12-6-4-5-7-14(12)18-15/h4-10,12,14,18-19H,1-3H3. The summed E-state index contributed by atoms with van der Waals surface area (Å²) in [5.74, 6) is 0.110. The van der Waals surface area contributed by atoms with Crippen LogP contribution in [0.25, 0.3) is 0 Å². The molecule has 0 aromatic heterocycles. The Kier molecular flexibility index (Phi) is 2.93. The van der Waals surface area contributed by atoms with Crippen LogP contribution in [0, 0.1) is 5.92 Å². The molecule has 0 amide bonds. The first-order valence-electron chi connectivity index (χ1n) is 7.02. The molecule has 0 saturated heterocycles. The van der Waals surface area contributed by atoms with Gasteiger partial charge in [0, 0.05) is 22.5 Å². The molecular formula is C17H20N2O. The molecule has 1 aliphatic carbocycles. The predicted molar refractivity (Wildman–Crippen MR) is 83.3 cm³/mol. The number of anilines is 2. The smallest absolute Gasteiger partial charge is 0.174 e. The molecule has 1 aromatic carbocycles. The summed E-state index contributed by atoms with van der Waals surface area (Å²) in [6, 6.07) is 6.05. The van der Waals surface area contributed by atoms with E-state index in [-0.39, 0.29) is 23.3 Å². The van der Waals surface area contributed by atoms with E-state index in [0.29, 0.717) is 0 Å². The molecule has 2 N–H and O–H groups in total. The summed E-state index contributed by atoms with van der Waals surface area (Å²) in [6.45, 7) is 6.33. The van der Waals surface area contributed by atoms with Gasteiger partial charge >= 0.3 is 0 Å². The summed E-state index contributed by atoms with van der Waals surface area (Å²) in [4.78, 5) is 12.6. The van der Waals surface area contributed by atoms with Crippen LogP contribution in [0.2, 0.25) is 0 Å². The van der Waals surface area contributed by atoms with Gasteiger partial charge in [0.05, 0.1) is 12.0 Å². The van der Waals surface area contributed by atoms with Gasteiger partial charge in [-0.3, -0.25) is 4.79 Å². The molecule has 3 rings (SSSR count). The Morgan fingerprint density at radius 3 is 2.65 bits per heavy atom. The number of rotatable bonds is 1. The van der Waals surface area contributed by atoms with E-state index in [4.69, 9.17) is 0 Å². The highest BCUT2D eigenvalue weighted by Gasteiger charge is 2.33. The largest absolute Gasteiger partial charge is 0.380 e. The quantitative estimate of drug-likeness (QED) is 0.817. The fourth-order valence-electron chi connectivity index (χ4n) is 2.74. The zero-order valence-electron chi connectivity index (χ0n) is 12.1. The Balaban J connectivity index is 1.96. The topological polar surface area (TPSA) is 41.1 Å². The maximum absolute atomic E-state index is 12.6. The van der Waals surface area contributed by atoms with E-state index in [0.717, 1.165) is 16.9 Å². The zero-order valence-corrected chi connectivity index (χ0v) is 12.1. The van der Waals surface area contributed by atoms with Crippen LogP contribution < -0.4 is 10.6 Å². The number of hydrogen-bond donors (Lipinski definition) is 2. The highest BCUT2D eigenvalue weighted by Crippen LogP contribution is 2.33. The van der Waals surface area contributed by atoms with Gasteiger partial charge in [0.2, 0.25) is 0 Å². The van der Waals surface area contributed by atoms with Crippen LogP contribution in [-0.4, -0.2) is 17.4 Å². The average Bonchev–Trinajstić information content (AvgIpc) is 2.38. The van der Waals surface area contributed by atoms with Crippen molar-refractivity contribution in [3.63, 3.8) is 0 Å². The number of Topliss-reactive ketones (excluding diaryl/α,β-unsaturated/α-hetero) is 1. The third-order valence-corrected chi connectivity index (χ3v) is 3.56. The molecule has 0 bridgehead atoms. The minimum absolute atomic E-state index is 0.0185. The molecule has 3 nitrogen and oxygen atoms in total. The second-order valence-electron chi connectivity index (χ2n) is 6.47. The van der Waals surface area contributed by atoms with Gasteiger partial charge in [-0.05, 0) is 39.0 Å². The van der Waals surface area contributed by atoms with E-state index in [2.05, 4.69) is 31.4 Å². The molecule has 2 unspecified atom stereocenters. The third-order valence-electron chi connectivity index (χ3n) is 3.56. The number of benzene rings is 1. The lowest BCUT2D eigenvalue weighted by molar-refractivity contribution is 0.0936. The van der Waals surface area contributed by atoms with E-state index >= 15 is 0 Å². The van der Waals surface area contributed by atoms with Crippen molar-refractivity contribution in [2.75, 3.05) is 10.6 Å². The van der Waals surface area contributed by atoms with Gasteiger partial charge in [-0.25, -0.2) is 0 Å². The molecule has 3 heteroatoms. The van der Waals surface area contributed by atoms with E-state index in [1.807, 2.05) is 42.5 Å². The molecule has 2 atom stereocenters. The minimum atomic E-state index is -0.0858. The molecular weight excluding hydrogens is 248 g/mol. The predicted octanol–water partition coefficient (Wildman–Crippen LogP) is 3.62. The second kappa shape index (κ2) is 4.51. The van der Waals surface area contributed by atoms with Crippen molar-refractivity contribution in [2.24, 2.45) is 5.92 Å². The van der Waals surface area contributed by atoms with Crippen LogP contribution in [-0.2, 0) is 0 Å². The van der Waals surface area contributed by atoms with Crippen LogP contribution in [0.1, 0.15) is 31.1 Å². The lowest BCUT2D eigenvalue weighted by atomic mass is 9.83. The zero-order chi connectivity index (χ0) is 14.3. The van der Waals surface area contributed by atoms with E-state index in [1.54, 1.807) is 0 Å². The first kappa shape index (κ1) is 13.0. The summed E-state index contributed by atoms with van der Waals surface area (Å²) in [6.07, 6.45) is 7.96. The summed E-state index contributed by atoms with van der Waals surface area (Å²) < 4.78 is 0. The van der Waals surface area contributed by atoms with Crippen LogP contribution >= 0.6 is 0 Å². The van der Waals surface area contributed by atoms with Crippen LogP contribution in [0.4, 0.5) is 11.4 Å². The number of nitrogens with one attached hydrogen (secondary N) is 2. The number of fused-ring (bicyclic) bond motifs is 2. The van der Waals surface area contributed by atoms with Crippen molar-refractivity contribution in [1.29, 1.82) is 0 Å². The Bertz CT molecular complexity index is 608. The average molecular weight is 268 g/mol. The molecule has 0 spiro atoms. The van der Waals surface area contributed by atoms with Gasteiger partial charge in [0.1, 0.15) is 0 Å². The number of hydrogen-bond acceptors (Lipinski definition) is 3. The van der Waals surface area contributed by atoms with Gasteiger partial charge in [-0.15, -0.1) is 0 Å². The van der Waals surface area contributed by atoms with Crippen molar-refractivity contribution in [3.05, 3.63) is 48.1 Å². The minimum Gasteiger partial charge on any atom is -0.380 e. The lowest BCUT2D eigenvalue weighted by Gasteiger charge is -2.32. The van der Waals surface area contributed by atoms with Crippen molar-refractivity contribution < 1.29 is 4.79 Å². The molecule has 0 radical (unpaired) electrons. The summed E-state index contributed by atoms with van der Waals surface area (Å²) in [5, 5.41) is 6.84. The number of ketones is 1. The Hall–Kier alpha value is -2.03. The van der Waals surface area contributed by atoms with Crippen LogP contribution in [0.5, 0.6) is 0 Å². The summed E-state index contributed by atoms with van der Waals surface area (Å²) in [5.41, 5.74) is 2.67. The second-order valence-corrected chi connectivity index (χ2v) is 6.47. The summed E-state index contributed by atoms with van der Waals surface area (Å²) in [7, 11) is 0. The molecule has 0 saturated carbocycles. The first-order valence-corrected chi connectivity index (χ1v) is 7.02. The molecule has 20 heavy (non-hydrogen) atoms. The van der Waals surface area contributed by atoms with Gasteiger partial charge in [0.15, 0.2) is 5.78 Å². The van der Waals surface area contributed by atoms with Gasteiger partial charge in [-0.2, -0.15) is 0 Å². The van der Waals surface area contributed by atoms with Gasteiger partial charge < -0.3 is 10.6 Å². The van der Waals surface area contributed by atoms with Crippen molar-refractivity contribution >= 4 is 17.2 Å². The molecule has 1 aliphatic heterocycles. The fraction of sp³-hybridized carbons (Fsp3) is 0.353. The number of carbonyl (C=O) groups is 1.